The Labute approximate surface area is 281 Å². The first kappa shape index (κ1) is 36.1. The number of hydrogen-bond acceptors (Lipinski definition) is 10. The molecule has 0 spiro atoms. The number of nitrogens with one attached hydrogen (secondary N) is 4. The van der Waals surface area contributed by atoms with Gasteiger partial charge in [-0.05, 0) is 97.5 Å². The summed E-state index contributed by atoms with van der Waals surface area (Å²) >= 11 is 1.32. The van der Waals surface area contributed by atoms with E-state index in [1.54, 1.807) is 72.2 Å². The maximum atomic E-state index is 13.7. The lowest BCUT2D eigenvalue weighted by Gasteiger charge is -2.22. The van der Waals surface area contributed by atoms with Crippen molar-refractivity contribution < 1.29 is 32.2 Å². The molecule has 1 aliphatic heterocycles. The maximum absolute atomic E-state index is 13.7. The Kier molecular flexibility index (Phi) is 12.2. The van der Waals surface area contributed by atoms with Gasteiger partial charge >= 0.3 is 12.2 Å². The number of piperidine rings is 1. The van der Waals surface area contributed by atoms with Crippen molar-refractivity contribution in [2.24, 2.45) is 5.92 Å². The molecule has 14 heteroatoms. The van der Waals surface area contributed by atoms with Gasteiger partial charge < -0.3 is 19.5 Å². The maximum Gasteiger partial charge on any atom is 0.411 e. The summed E-state index contributed by atoms with van der Waals surface area (Å²) < 4.78 is 46.6. The van der Waals surface area contributed by atoms with E-state index in [-0.39, 0.29) is 11.0 Å². The van der Waals surface area contributed by atoms with E-state index in [1.165, 1.54) is 17.4 Å². The normalized spacial score (nSPS) is 17.0. The zero-order valence-electron chi connectivity index (χ0n) is 27.8. The molecular weight excluding hydrogens is 643 g/mol. The van der Waals surface area contributed by atoms with E-state index in [0.717, 1.165) is 31.5 Å². The second-order valence-corrected chi connectivity index (χ2v) is 15.4. The number of amides is 2. The van der Waals surface area contributed by atoms with E-state index in [4.69, 9.17) is 14.2 Å². The molecule has 1 aromatic carbocycles. The SMILES string of the molecule is COC1=C(c2ncc(-c3ccc(NC(=O)OCC4CCNCC4)cc3S(=O)(=O)NC(C)(C)C)s2)CC/C=C/C(NC(=O)OC(C)C)=C1. The molecule has 2 amide bonds. The fraction of sp³-hybridized carbons (Fsp3) is 0.485. The number of carbonyl (C=O) groups is 2. The average molecular weight is 688 g/mol. The highest BCUT2D eigenvalue weighted by molar-refractivity contribution is 7.89. The molecule has 47 heavy (non-hydrogen) atoms. The highest BCUT2D eigenvalue weighted by Crippen LogP contribution is 2.38. The van der Waals surface area contributed by atoms with Crippen LogP contribution in [0.3, 0.4) is 0 Å². The highest BCUT2D eigenvalue weighted by atomic mass is 32.2. The lowest BCUT2D eigenvalue weighted by molar-refractivity contribution is 0.118. The van der Waals surface area contributed by atoms with Crippen molar-refractivity contribution in [2.75, 3.05) is 32.1 Å². The molecule has 12 nitrogen and oxygen atoms in total. The molecule has 1 aliphatic carbocycles. The number of ether oxygens (including phenoxy) is 3. The van der Waals surface area contributed by atoms with Crippen LogP contribution >= 0.6 is 11.3 Å². The fourth-order valence-corrected chi connectivity index (χ4v) is 7.85. The molecule has 4 rings (SSSR count). The molecule has 1 aromatic heterocycles. The summed E-state index contributed by atoms with van der Waals surface area (Å²) in [6.45, 7) is 10.9. The van der Waals surface area contributed by atoms with E-state index in [1.807, 2.05) is 6.08 Å². The van der Waals surface area contributed by atoms with Crippen molar-refractivity contribution in [1.82, 2.24) is 20.3 Å². The van der Waals surface area contributed by atoms with Crippen LogP contribution < -0.4 is 20.7 Å². The van der Waals surface area contributed by atoms with Gasteiger partial charge in [0.05, 0.1) is 29.6 Å². The molecule has 4 N–H and O–H groups in total. The average Bonchev–Trinajstić information content (AvgIpc) is 3.46. The predicted octanol–water partition coefficient (Wildman–Crippen LogP) is 6.16. The summed E-state index contributed by atoms with van der Waals surface area (Å²) in [4.78, 5) is 30.1. The third-order valence-corrected chi connectivity index (χ3v) is 10.0. The van der Waals surface area contributed by atoms with Gasteiger partial charge in [0.1, 0.15) is 10.8 Å². The smallest absolute Gasteiger partial charge is 0.411 e. The predicted molar refractivity (Wildman–Crippen MR) is 183 cm³/mol. The molecule has 0 bridgehead atoms. The van der Waals surface area contributed by atoms with Gasteiger partial charge in [0.25, 0.3) is 0 Å². The van der Waals surface area contributed by atoms with E-state index < -0.39 is 27.7 Å². The van der Waals surface area contributed by atoms with E-state index in [0.29, 0.717) is 58.0 Å². The number of carbonyl (C=O) groups excluding carboxylic acids is 2. The molecule has 0 unspecified atom stereocenters. The Hall–Kier alpha value is -3.72. The summed E-state index contributed by atoms with van der Waals surface area (Å²) in [5.74, 6) is 0.805. The lowest BCUT2D eigenvalue weighted by atomic mass is 9.99. The van der Waals surface area contributed by atoms with Gasteiger partial charge in [0, 0.05) is 40.3 Å². The number of methoxy groups -OCH3 is 1. The molecule has 0 radical (unpaired) electrons. The van der Waals surface area contributed by atoms with Gasteiger partial charge in [-0.15, -0.1) is 11.3 Å². The molecule has 2 aliphatic rings. The molecule has 1 fully saturated rings. The molecule has 1 saturated heterocycles. The van der Waals surface area contributed by atoms with Crippen LogP contribution in [0.2, 0.25) is 0 Å². The second-order valence-electron chi connectivity index (χ2n) is 12.7. The minimum atomic E-state index is -4.03. The summed E-state index contributed by atoms with van der Waals surface area (Å²) in [6, 6.07) is 4.74. The zero-order chi connectivity index (χ0) is 34.2. The molecule has 0 saturated carbocycles. The number of rotatable bonds is 10. The number of hydrogen-bond donors (Lipinski definition) is 4. The van der Waals surface area contributed by atoms with Crippen molar-refractivity contribution >= 4 is 44.8 Å². The van der Waals surface area contributed by atoms with Gasteiger partial charge in [0.15, 0.2) is 0 Å². The number of thiazole rings is 1. The standard InChI is InChI=1S/C33H45N5O7S2/c1-21(2)45-32(40)37-23-9-7-8-10-25(27(17-23)43-6)30-35-19-28(46-30)26-12-11-24(18-29(26)47(41,42)38-33(3,4)5)36-31(39)44-20-22-13-15-34-16-14-22/h7,9,11-12,17-19,21-22,34,38H,8,10,13-16,20H2,1-6H3,(H,36,39)(H,37,40)/b9-7+,23-17?,27-25?. The fourth-order valence-electron chi connectivity index (χ4n) is 5.09. The number of nitrogens with zero attached hydrogens (tertiary/aromatic N) is 1. The Morgan fingerprint density at radius 3 is 2.55 bits per heavy atom. The summed E-state index contributed by atoms with van der Waals surface area (Å²) in [7, 11) is -2.49. The Morgan fingerprint density at radius 1 is 1.13 bits per heavy atom. The Bertz CT molecular complexity index is 1630. The molecular formula is C33H45N5O7S2. The van der Waals surface area contributed by atoms with Gasteiger partial charge in [-0.25, -0.2) is 27.7 Å². The van der Waals surface area contributed by atoms with Crippen LogP contribution in [0, 0.1) is 5.92 Å². The minimum Gasteiger partial charge on any atom is -0.496 e. The first-order chi connectivity index (χ1) is 22.2. The second kappa shape index (κ2) is 15.9. The zero-order valence-corrected chi connectivity index (χ0v) is 29.4. The third kappa shape index (κ3) is 10.6. The number of sulfonamides is 1. The van der Waals surface area contributed by atoms with Crippen molar-refractivity contribution in [1.29, 1.82) is 0 Å². The Balaban J connectivity index is 1.65. The first-order valence-corrected chi connectivity index (χ1v) is 18.0. The van der Waals surface area contributed by atoms with Gasteiger partial charge in [0.2, 0.25) is 10.0 Å². The summed E-state index contributed by atoms with van der Waals surface area (Å²) in [5, 5.41) is 9.36. The molecule has 0 atom stereocenters. The van der Waals surface area contributed by atoms with Crippen LogP contribution in [-0.4, -0.2) is 64.0 Å². The lowest BCUT2D eigenvalue weighted by Crippen LogP contribution is -2.40. The minimum absolute atomic E-state index is 0.00429. The number of benzene rings is 1. The van der Waals surface area contributed by atoms with E-state index >= 15 is 0 Å². The van der Waals surface area contributed by atoms with Gasteiger partial charge in [-0.1, -0.05) is 12.1 Å². The van der Waals surface area contributed by atoms with Crippen LogP contribution in [0.25, 0.3) is 16.0 Å². The molecule has 256 valence electrons. The third-order valence-electron chi connectivity index (χ3n) is 7.15. The monoisotopic (exact) mass is 687 g/mol. The number of alkyl carbamates (subject to hydrolysis) is 1. The van der Waals surface area contributed by atoms with Crippen LogP contribution in [0.4, 0.5) is 15.3 Å². The quantitative estimate of drug-likeness (QED) is 0.230. The van der Waals surface area contributed by atoms with Crippen molar-refractivity contribution in [3.8, 4) is 10.4 Å². The van der Waals surface area contributed by atoms with Crippen LogP contribution in [0.1, 0.15) is 65.3 Å². The topological polar surface area (TPSA) is 157 Å². The largest absolute Gasteiger partial charge is 0.496 e. The number of allylic oxidation sites excluding steroid dienone is 4. The summed E-state index contributed by atoms with van der Waals surface area (Å²) in [6.07, 6.45) is 8.70. The van der Waals surface area contributed by atoms with E-state index in [2.05, 4.69) is 25.7 Å². The van der Waals surface area contributed by atoms with Crippen molar-refractivity contribution in [3.05, 3.63) is 59.1 Å². The van der Waals surface area contributed by atoms with Gasteiger partial charge in [-0.2, -0.15) is 0 Å². The van der Waals surface area contributed by atoms with Crippen LogP contribution in [0.15, 0.2) is 59.0 Å². The highest BCUT2D eigenvalue weighted by Gasteiger charge is 2.27. The molecule has 2 aromatic rings. The van der Waals surface area contributed by atoms with Gasteiger partial charge in [-0.3, -0.25) is 10.6 Å². The van der Waals surface area contributed by atoms with Crippen molar-refractivity contribution in [2.45, 2.75) is 76.8 Å². The number of aromatic nitrogens is 1. The molecule has 2 heterocycles. The summed E-state index contributed by atoms with van der Waals surface area (Å²) in [5.41, 5.74) is 1.27. The van der Waals surface area contributed by atoms with E-state index in [9.17, 15) is 18.0 Å². The van der Waals surface area contributed by atoms with Crippen molar-refractivity contribution in [3.63, 3.8) is 0 Å². The number of anilines is 1. The van der Waals surface area contributed by atoms with Crippen LogP contribution in [-0.2, 0) is 24.2 Å². The Morgan fingerprint density at radius 2 is 1.87 bits per heavy atom. The van der Waals surface area contributed by atoms with Crippen LogP contribution in [0.5, 0.6) is 0 Å². The first-order valence-electron chi connectivity index (χ1n) is 15.7.